The maximum atomic E-state index is 9.91. The number of benzene rings is 9. The maximum Gasteiger partial charge on any atom is 0.0641 e. The van der Waals surface area contributed by atoms with E-state index in [1.54, 1.807) is 0 Å². The Morgan fingerprint density at radius 2 is 0.750 bits per heavy atom. The van der Waals surface area contributed by atoms with Gasteiger partial charge in [-0.25, -0.2) is 0 Å². The highest BCUT2D eigenvalue weighted by molar-refractivity contribution is 6.32. The molecule has 13 aromatic rings. The number of para-hydroxylation sites is 4. The molecule has 13 rings (SSSR count). The van der Waals surface area contributed by atoms with Crippen molar-refractivity contribution in [2.75, 3.05) is 9.80 Å². The van der Waals surface area contributed by atoms with Crippen molar-refractivity contribution < 1.29 is 8.22 Å². The monoisotopic (exact) mass is 941 g/mol. The molecule has 0 aliphatic heterocycles. The largest absolute Gasteiger partial charge is 0.310 e. The smallest absolute Gasteiger partial charge is 0.0641 e. The van der Waals surface area contributed by atoms with Crippen LogP contribution in [0.4, 0.5) is 34.1 Å². The summed E-state index contributed by atoms with van der Waals surface area (Å²) in [5.41, 5.74) is 13.5. The molecular formula is C68H62N4. The van der Waals surface area contributed by atoms with Crippen molar-refractivity contribution in [2.45, 2.75) is 91.9 Å². The Morgan fingerprint density at radius 1 is 0.389 bits per heavy atom. The van der Waals surface area contributed by atoms with Crippen LogP contribution in [-0.4, -0.2) is 8.80 Å². The van der Waals surface area contributed by atoms with Crippen molar-refractivity contribution in [2.24, 2.45) is 0 Å². The van der Waals surface area contributed by atoms with E-state index in [0.29, 0.717) is 33.7 Å². The number of aromatic nitrogens is 2. The van der Waals surface area contributed by atoms with Gasteiger partial charge in [-0.15, -0.1) is 0 Å². The molecule has 0 N–H and O–H groups in total. The Balaban J connectivity index is 1.22. The molecule has 4 aromatic heterocycles. The maximum absolute atomic E-state index is 9.91. The molecule has 0 saturated heterocycles. The Hall–Kier alpha value is -7.82. The molecule has 0 saturated carbocycles. The van der Waals surface area contributed by atoms with Crippen LogP contribution < -0.4 is 9.80 Å². The highest BCUT2D eigenvalue weighted by Gasteiger charge is 2.31. The number of nitrogens with zero attached hydrogens (tertiary/aromatic N) is 4. The van der Waals surface area contributed by atoms with Crippen LogP contribution in [0.25, 0.3) is 76.2 Å². The fourth-order valence-electron chi connectivity index (χ4n) is 11.7. The minimum Gasteiger partial charge on any atom is -0.310 e. The predicted octanol–water partition coefficient (Wildman–Crippen LogP) is 19.8. The quantitative estimate of drug-likeness (QED) is 0.151. The van der Waals surface area contributed by atoms with Gasteiger partial charge in [0.2, 0.25) is 0 Å². The second-order valence-corrected chi connectivity index (χ2v) is 22.6. The molecule has 9 aromatic carbocycles. The number of fused-ring (bicyclic) bond motifs is 12. The van der Waals surface area contributed by atoms with Gasteiger partial charge in [0.15, 0.2) is 0 Å². The Labute approximate surface area is 431 Å². The van der Waals surface area contributed by atoms with E-state index < -0.39 is 10.8 Å². The van der Waals surface area contributed by atoms with Gasteiger partial charge in [0.05, 0.1) is 52.7 Å². The minimum absolute atomic E-state index is 0.0281. The van der Waals surface area contributed by atoms with Crippen molar-refractivity contribution in [1.82, 2.24) is 8.80 Å². The van der Waals surface area contributed by atoms with E-state index in [9.17, 15) is 8.22 Å². The van der Waals surface area contributed by atoms with Gasteiger partial charge in [-0.3, -0.25) is 0 Å². The van der Waals surface area contributed by atoms with Crippen molar-refractivity contribution in [3.05, 3.63) is 204 Å². The SMILES string of the molecule is [2H]c1c([2H])c(C(C)(C)C)c2c(c1[2H])c1c(N(c3ccccc3)c3ccc(C(C)C)cc3)ccc3c4cc5c(cc4n2c31)c1ccc(N(c2ccccc2)c2ccc(C(C)C)cc2)c2c3c([2H])c([2H])c([2H])c(C(C)(C)C)c3n5c12. The lowest BCUT2D eigenvalue weighted by atomic mass is 9.85. The molecule has 0 radical (unpaired) electrons. The van der Waals surface area contributed by atoms with E-state index in [1.165, 1.54) is 11.1 Å². The highest BCUT2D eigenvalue weighted by atomic mass is 15.2. The van der Waals surface area contributed by atoms with Crippen molar-refractivity contribution in [3.63, 3.8) is 0 Å². The van der Waals surface area contributed by atoms with Gasteiger partial charge in [0.1, 0.15) is 0 Å². The van der Waals surface area contributed by atoms with Crippen LogP contribution in [-0.2, 0) is 10.8 Å². The molecule has 0 aliphatic rings. The first-order chi connectivity index (χ1) is 37.2. The molecule has 4 heteroatoms. The third-order valence-corrected chi connectivity index (χ3v) is 15.2. The zero-order valence-corrected chi connectivity index (χ0v) is 42.8. The van der Waals surface area contributed by atoms with Gasteiger partial charge < -0.3 is 18.6 Å². The van der Waals surface area contributed by atoms with E-state index in [4.69, 9.17) is 0 Å². The fraction of sp³-hybridized carbons (Fsp3) is 0.206. The lowest BCUT2D eigenvalue weighted by Gasteiger charge is -2.27. The second kappa shape index (κ2) is 15.8. The van der Waals surface area contributed by atoms with E-state index in [2.05, 4.69) is 197 Å². The molecule has 0 bridgehead atoms. The first kappa shape index (κ1) is 37.9. The highest BCUT2D eigenvalue weighted by Crippen LogP contribution is 2.53. The zero-order chi connectivity index (χ0) is 54.8. The van der Waals surface area contributed by atoms with E-state index >= 15 is 0 Å². The lowest BCUT2D eigenvalue weighted by Crippen LogP contribution is -2.12. The standard InChI is InChI=1S/C68H62N4/c1-41(2)43-27-31-47(32-28-43)69(45-19-13-11-14-20-45)57-37-35-49-53-39-60-54(40-59(53)71-63-51(61(57)65(49)71)23-17-25-55(63)67(5,6)7)50-36-38-58(62-52-24-18-26-56(68(8,9)10)64(52)72(60)66(50)62)70(46-21-15-12-16-22-46)48-33-29-44(30-34-48)42(3)4/h11-42H,1-10H3/i17D,18D,23D,24D,25D,26D. The molecule has 0 amide bonds. The van der Waals surface area contributed by atoms with Crippen LogP contribution >= 0.6 is 0 Å². The van der Waals surface area contributed by atoms with Crippen molar-refractivity contribution in [3.8, 4) is 0 Å². The first-order valence-electron chi connectivity index (χ1n) is 28.5. The minimum atomic E-state index is -0.584. The van der Waals surface area contributed by atoms with Gasteiger partial charge in [-0.2, -0.15) is 0 Å². The average Bonchev–Trinajstić information content (AvgIpc) is 4.15. The third-order valence-electron chi connectivity index (χ3n) is 15.2. The third kappa shape index (κ3) is 6.43. The first-order valence-corrected chi connectivity index (χ1v) is 25.5. The number of rotatable bonds is 8. The van der Waals surface area contributed by atoms with Crippen LogP contribution in [0.3, 0.4) is 0 Å². The summed E-state index contributed by atoms with van der Waals surface area (Å²) < 4.78 is 62.6. The van der Waals surface area contributed by atoms with Crippen LogP contribution in [0.5, 0.6) is 0 Å². The molecular weight excluding hydrogens is 873 g/mol. The molecule has 0 atom stereocenters. The van der Waals surface area contributed by atoms with E-state index in [-0.39, 0.29) is 36.3 Å². The lowest BCUT2D eigenvalue weighted by molar-refractivity contribution is 0.594. The molecule has 0 fully saturated rings. The summed E-state index contributed by atoms with van der Waals surface area (Å²) in [6, 6.07) is 51.4. The van der Waals surface area contributed by atoms with Crippen molar-refractivity contribution in [1.29, 1.82) is 0 Å². The van der Waals surface area contributed by atoms with Gasteiger partial charge in [0, 0.05) is 65.8 Å². The summed E-state index contributed by atoms with van der Waals surface area (Å²) in [6.45, 7) is 21.4. The molecule has 4 nitrogen and oxygen atoms in total. The van der Waals surface area contributed by atoms with Gasteiger partial charge in [-0.1, -0.05) is 178 Å². The van der Waals surface area contributed by atoms with E-state index in [1.807, 2.05) is 36.4 Å². The van der Waals surface area contributed by atoms with Crippen molar-refractivity contribution >= 4 is 110 Å². The zero-order valence-electron chi connectivity index (χ0n) is 48.8. The van der Waals surface area contributed by atoms with Crippen LogP contribution in [0.2, 0.25) is 0 Å². The normalized spacial score (nSPS) is 14.0. The van der Waals surface area contributed by atoms with Crippen LogP contribution in [0.1, 0.15) is 112 Å². The summed E-state index contributed by atoms with van der Waals surface area (Å²) in [7, 11) is 0. The molecule has 0 aliphatic carbocycles. The van der Waals surface area contributed by atoms with Gasteiger partial charge in [-0.05, 0) is 118 Å². The number of anilines is 6. The number of hydrogen-bond donors (Lipinski definition) is 0. The van der Waals surface area contributed by atoms with E-state index in [0.717, 1.165) is 99.5 Å². The predicted molar refractivity (Wildman–Crippen MR) is 311 cm³/mol. The Morgan fingerprint density at radius 3 is 1.10 bits per heavy atom. The second-order valence-electron chi connectivity index (χ2n) is 22.6. The van der Waals surface area contributed by atoms with Crippen LogP contribution in [0.15, 0.2) is 182 Å². The summed E-state index contributed by atoms with van der Waals surface area (Å²) in [6.07, 6.45) is 0. The summed E-state index contributed by atoms with van der Waals surface area (Å²) in [5.74, 6) is 0.700. The van der Waals surface area contributed by atoms with Crippen LogP contribution in [0, 0.1) is 0 Å². The Bertz CT molecular complexity index is 4270. The fourth-order valence-corrected chi connectivity index (χ4v) is 11.7. The summed E-state index contributed by atoms with van der Waals surface area (Å²) in [4.78, 5) is 4.54. The molecule has 354 valence electrons. The molecule has 72 heavy (non-hydrogen) atoms. The summed E-state index contributed by atoms with van der Waals surface area (Å²) in [5, 5.41) is 6.89. The Kier molecular flexibility index (Phi) is 8.35. The average molecular weight is 941 g/mol. The number of hydrogen-bond acceptors (Lipinski definition) is 2. The molecule has 0 spiro atoms. The summed E-state index contributed by atoms with van der Waals surface area (Å²) >= 11 is 0. The van der Waals surface area contributed by atoms with Gasteiger partial charge in [0.25, 0.3) is 0 Å². The topological polar surface area (TPSA) is 15.3 Å². The van der Waals surface area contributed by atoms with Gasteiger partial charge >= 0.3 is 0 Å². The molecule has 4 heterocycles. The molecule has 0 unspecified atom stereocenters.